The fourth-order valence-corrected chi connectivity index (χ4v) is 2.51. The van der Waals surface area contributed by atoms with Gasteiger partial charge in [-0.15, -0.1) is 0 Å². The van der Waals surface area contributed by atoms with E-state index in [0.717, 1.165) is 30.3 Å². The SMILES string of the molecule is CCn1c(=O)n(C)c(=O)c2c1ncn2CCCCCCO. The van der Waals surface area contributed by atoms with Gasteiger partial charge in [-0.1, -0.05) is 12.8 Å². The van der Waals surface area contributed by atoms with E-state index in [1.807, 2.05) is 11.5 Å². The van der Waals surface area contributed by atoms with Crippen LogP contribution in [0.3, 0.4) is 0 Å². The molecule has 0 fully saturated rings. The van der Waals surface area contributed by atoms with E-state index in [0.29, 0.717) is 24.3 Å². The molecule has 0 aliphatic heterocycles. The molecule has 0 radical (unpaired) electrons. The molecule has 2 heterocycles. The van der Waals surface area contributed by atoms with Crippen molar-refractivity contribution in [3.8, 4) is 0 Å². The number of rotatable bonds is 7. The molecule has 0 aliphatic rings. The van der Waals surface area contributed by atoms with Crippen molar-refractivity contribution < 1.29 is 5.11 Å². The number of aliphatic hydroxyl groups is 1. The van der Waals surface area contributed by atoms with Crippen LogP contribution in [0.25, 0.3) is 11.2 Å². The molecule has 0 saturated heterocycles. The predicted octanol–water partition coefficient (Wildman–Crippen LogP) is 0.469. The van der Waals surface area contributed by atoms with Crippen molar-refractivity contribution in [2.24, 2.45) is 7.05 Å². The number of hydrogen-bond acceptors (Lipinski definition) is 4. The molecule has 0 amide bonds. The molecule has 7 heteroatoms. The lowest BCUT2D eigenvalue weighted by molar-refractivity contribution is 0.282. The maximum Gasteiger partial charge on any atom is 0.332 e. The summed E-state index contributed by atoms with van der Waals surface area (Å²) in [6.07, 6.45) is 5.32. The Hall–Kier alpha value is -1.89. The molecule has 116 valence electrons. The minimum Gasteiger partial charge on any atom is -0.396 e. The number of aryl methyl sites for hydroxylation is 2. The molecule has 0 aliphatic carbocycles. The van der Waals surface area contributed by atoms with Gasteiger partial charge in [0.15, 0.2) is 11.2 Å². The second-order valence-electron chi connectivity index (χ2n) is 5.14. The first kappa shape index (κ1) is 15.5. The summed E-state index contributed by atoms with van der Waals surface area (Å²) in [4.78, 5) is 28.6. The van der Waals surface area contributed by atoms with Gasteiger partial charge >= 0.3 is 5.69 Å². The topological polar surface area (TPSA) is 82.0 Å². The van der Waals surface area contributed by atoms with Crippen molar-refractivity contribution >= 4 is 11.2 Å². The zero-order valence-corrected chi connectivity index (χ0v) is 12.6. The monoisotopic (exact) mass is 294 g/mol. The standard InChI is InChI=1S/C14H22N4O3/c1-3-18-12-11(13(20)16(2)14(18)21)17(10-15-12)8-6-4-5-7-9-19/h10,19H,3-9H2,1-2H3. The Kier molecular flexibility index (Phi) is 4.95. The van der Waals surface area contributed by atoms with Crippen molar-refractivity contribution in [2.75, 3.05) is 6.61 Å². The highest BCUT2D eigenvalue weighted by Crippen LogP contribution is 2.09. The number of aromatic nitrogens is 4. The number of unbranched alkanes of at least 4 members (excludes halogenated alkanes) is 3. The van der Waals surface area contributed by atoms with Crippen LogP contribution in [0.2, 0.25) is 0 Å². The van der Waals surface area contributed by atoms with Crippen LogP contribution in [0, 0.1) is 0 Å². The minimum atomic E-state index is -0.330. The van der Waals surface area contributed by atoms with Crippen molar-refractivity contribution in [1.82, 2.24) is 18.7 Å². The molecule has 7 nitrogen and oxygen atoms in total. The van der Waals surface area contributed by atoms with Crippen LogP contribution >= 0.6 is 0 Å². The van der Waals surface area contributed by atoms with Crippen LogP contribution in [0.15, 0.2) is 15.9 Å². The fourth-order valence-electron chi connectivity index (χ4n) is 2.51. The second kappa shape index (κ2) is 6.71. The molecule has 21 heavy (non-hydrogen) atoms. The summed E-state index contributed by atoms with van der Waals surface area (Å²) in [6.45, 7) is 3.26. The summed E-state index contributed by atoms with van der Waals surface area (Å²) in [6, 6.07) is 0. The molecule has 0 atom stereocenters. The van der Waals surface area contributed by atoms with E-state index in [-0.39, 0.29) is 17.9 Å². The molecule has 2 aromatic heterocycles. The summed E-state index contributed by atoms with van der Waals surface area (Å²) >= 11 is 0. The zero-order chi connectivity index (χ0) is 15.4. The average molecular weight is 294 g/mol. The highest BCUT2D eigenvalue weighted by Gasteiger charge is 2.14. The molecule has 0 bridgehead atoms. The van der Waals surface area contributed by atoms with Gasteiger partial charge in [0.2, 0.25) is 0 Å². The largest absolute Gasteiger partial charge is 0.396 e. The van der Waals surface area contributed by atoms with Crippen molar-refractivity contribution in [3.05, 3.63) is 27.2 Å². The van der Waals surface area contributed by atoms with Crippen molar-refractivity contribution in [1.29, 1.82) is 0 Å². The molecule has 2 rings (SSSR count). The first-order valence-corrected chi connectivity index (χ1v) is 7.37. The predicted molar refractivity (Wildman–Crippen MR) is 80.5 cm³/mol. The van der Waals surface area contributed by atoms with Gasteiger partial charge in [-0.3, -0.25) is 13.9 Å². The lowest BCUT2D eigenvalue weighted by Crippen LogP contribution is -2.38. The maximum atomic E-state index is 12.3. The molecule has 0 aromatic carbocycles. The van der Waals surface area contributed by atoms with Crippen LogP contribution in [0.5, 0.6) is 0 Å². The van der Waals surface area contributed by atoms with E-state index < -0.39 is 0 Å². The van der Waals surface area contributed by atoms with E-state index in [4.69, 9.17) is 5.11 Å². The smallest absolute Gasteiger partial charge is 0.332 e. The quantitative estimate of drug-likeness (QED) is 0.753. The summed E-state index contributed by atoms with van der Waals surface area (Å²) in [5, 5.41) is 8.75. The number of nitrogens with zero attached hydrogens (tertiary/aromatic N) is 4. The fraction of sp³-hybridized carbons (Fsp3) is 0.643. The van der Waals surface area contributed by atoms with Gasteiger partial charge < -0.3 is 9.67 Å². The average Bonchev–Trinajstić information content (AvgIpc) is 2.89. The van der Waals surface area contributed by atoms with E-state index >= 15 is 0 Å². The Morgan fingerprint density at radius 2 is 1.90 bits per heavy atom. The first-order chi connectivity index (χ1) is 10.1. The Balaban J connectivity index is 2.33. The summed E-state index contributed by atoms with van der Waals surface area (Å²) in [5.74, 6) is 0. The number of hydrogen-bond donors (Lipinski definition) is 1. The molecular formula is C14H22N4O3. The lowest BCUT2D eigenvalue weighted by atomic mass is 10.2. The third-order valence-corrected chi connectivity index (χ3v) is 3.72. The van der Waals surface area contributed by atoms with Crippen LogP contribution in [0.4, 0.5) is 0 Å². The number of aliphatic hydroxyl groups excluding tert-OH is 1. The highest BCUT2D eigenvalue weighted by molar-refractivity contribution is 5.70. The Morgan fingerprint density at radius 1 is 1.19 bits per heavy atom. The lowest BCUT2D eigenvalue weighted by Gasteiger charge is -2.08. The first-order valence-electron chi connectivity index (χ1n) is 7.37. The molecule has 0 saturated carbocycles. The Labute approximate surface area is 122 Å². The maximum absolute atomic E-state index is 12.3. The third-order valence-electron chi connectivity index (χ3n) is 3.72. The summed E-state index contributed by atoms with van der Waals surface area (Å²) in [5.41, 5.74) is 0.317. The van der Waals surface area contributed by atoms with Gasteiger partial charge in [0.05, 0.1) is 6.33 Å². The second-order valence-corrected chi connectivity index (χ2v) is 5.14. The van der Waals surface area contributed by atoms with Gasteiger partial charge in [-0.05, 0) is 19.8 Å². The van der Waals surface area contributed by atoms with E-state index in [1.165, 1.54) is 11.6 Å². The number of imidazole rings is 1. The molecule has 1 N–H and O–H groups in total. The van der Waals surface area contributed by atoms with Crippen LogP contribution < -0.4 is 11.2 Å². The molecule has 2 aromatic rings. The van der Waals surface area contributed by atoms with Gasteiger partial charge in [0, 0.05) is 26.7 Å². The molecule has 0 unspecified atom stereocenters. The van der Waals surface area contributed by atoms with E-state index in [1.54, 1.807) is 6.33 Å². The number of fused-ring (bicyclic) bond motifs is 1. The van der Waals surface area contributed by atoms with E-state index in [9.17, 15) is 9.59 Å². The van der Waals surface area contributed by atoms with Crippen LogP contribution in [-0.2, 0) is 20.1 Å². The van der Waals surface area contributed by atoms with Gasteiger partial charge in [0.1, 0.15) is 0 Å². The van der Waals surface area contributed by atoms with E-state index in [2.05, 4.69) is 4.98 Å². The van der Waals surface area contributed by atoms with Crippen molar-refractivity contribution in [2.45, 2.75) is 45.7 Å². The highest BCUT2D eigenvalue weighted by atomic mass is 16.3. The van der Waals surface area contributed by atoms with Crippen LogP contribution in [0.1, 0.15) is 32.6 Å². The Bertz CT molecular complexity index is 726. The zero-order valence-electron chi connectivity index (χ0n) is 12.6. The minimum absolute atomic E-state index is 0.220. The third kappa shape index (κ3) is 2.92. The Morgan fingerprint density at radius 3 is 2.57 bits per heavy atom. The van der Waals surface area contributed by atoms with Crippen LogP contribution in [-0.4, -0.2) is 30.4 Å². The van der Waals surface area contributed by atoms with Crippen molar-refractivity contribution in [3.63, 3.8) is 0 Å². The molecular weight excluding hydrogens is 272 g/mol. The van der Waals surface area contributed by atoms with Gasteiger partial charge in [-0.25, -0.2) is 9.78 Å². The summed E-state index contributed by atoms with van der Waals surface area (Å²) < 4.78 is 4.47. The normalized spacial score (nSPS) is 11.4. The van der Waals surface area contributed by atoms with Gasteiger partial charge in [-0.2, -0.15) is 0 Å². The van der Waals surface area contributed by atoms with Gasteiger partial charge in [0.25, 0.3) is 5.56 Å². The molecule has 0 spiro atoms. The summed E-state index contributed by atoms with van der Waals surface area (Å²) in [7, 11) is 1.49.